The Hall–Kier alpha value is -1.81. The fourth-order valence-electron chi connectivity index (χ4n) is 2.02. The van der Waals surface area contributed by atoms with Crippen molar-refractivity contribution in [2.45, 2.75) is 26.2 Å². The molecule has 0 atom stereocenters. The molecule has 0 radical (unpaired) electrons. The van der Waals surface area contributed by atoms with Crippen molar-refractivity contribution in [3.05, 3.63) is 58.1 Å². The molecule has 3 nitrogen and oxygen atoms in total. The summed E-state index contributed by atoms with van der Waals surface area (Å²) >= 11 is 3.40. The number of amidine groups is 1. The first-order valence-electron chi connectivity index (χ1n) is 7.01. The van der Waals surface area contributed by atoms with Crippen molar-refractivity contribution in [1.82, 2.24) is 0 Å². The lowest BCUT2D eigenvalue weighted by Gasteiger charge is -2.09. The van der Waals surface area contributed by atoms with E-state index in [4.69, 9.17) is 15.9 Å². The van der Waals surface area contributed by atoms with Gasteiger partial charge in [0.15, 0.2) is 0 Å². The smallest absolute Gasteiger partial charge is 0.128 e. The molecule has 0 aliphatic heterocycles. The highest BCUT2D eigenvalue weighted by Crippen LogP contribution is 2.27. The Bertz CT molecular complexity index is 623. The van der Waals surface area contributed by atoms with Crippen LogP contribution in [0.5, 0.6) is 11.5 Å². The lowest BCUT2D eigenvalue weighted by molar-refractivity contribution is 0.482. The number of ether oxygens (including phenoxy) is 1. The standard InChI is InChI=1S/C17H19BrN2O/c1-2-3-4-12-5-7-13(8-6-12)21-14-9-10-15(17(19)20)16(18)11-14/h5-11H,2-4H2,1H3,(H3,19,20). The minimum atomic E-state index is 0.0358. The Morgan fingerprint density at radius 2 is 1.81 bits per heavy atom. The van der Waals surface area contributed by atoms with E-state index in [1.165, 1.54) is 18.4 Å². The third-order valence-electron chi connectivity index (χ3n) is 3.21. The first-order valence-corrected chi connectivity index (χ1v) is 7.80. The normalized spacial score (nSPS) is 10.4. The van der Waals surface area contributed by atoms with E-state index >= 15 is 0 Å². The monoisotopic (exact) mass is 346 g/mol. The Balaban J connectivity index is 2.07. The molecule has 2 aromatic rings. The topological polar surface area (TPSA) is 59.1 Å². The molecule has 0 aromatic heterocycles. The van der Waals surface area contributed by atoms with Gasteiger partial charge in [0.25, 0.3) is 0 Å². The molecule has 21 heavy (non-hydrogen) atoms. The van der Waals surface area contributed by atoms with E-state index in [2.05, 4.69) is 35.0 Å². The Morgan fingerprint density at radius 1 is 1.14 bits per heavy atom. The molecule has 0 bridgehead atoms. The molecule has 0 fully saturated rings. The summed E-state index contributed by atoms with van der Waals surface area (Å²) in [5.74, 6) is 1.56. The zero-order valence-electron chi connectivity index (χ0n) is 12.0. The summed E-state index contributed by atoms with van der Waals surface area (Å²) < 4.78 is 6.57. The van der Waals surface area contributed by atoms with E-state index in [0.717, 1.165) is 16.6 Å². The number of hydrogen-bond donors (Lipinski definition) is 2. The van der Waals surface area contributed by atoms with E-state index in [-0.39, 0.29) is 5.84 Å². The largest absolute Gasteiger partial charge is 0.457 e. The number of aryl methyl sites for hydroxylation is 1. The van der Waals surface area contributed by atoms with E-state index in [9.17, 15) is 0 Å². The Morgan fingerprint density at radius 3 is 2.38 bits per heavy atom. The summed E-state index contributed by atoms with van der Waals surface area (Å²) in [6.07, 6.45) is 3.52. The van der Waals surface area contributed by atoms with Crippen molar-refractivity contribution in [2.24, 2.45) is 5.73 Å². The van der Waals surface area contributed by atoms with Gasteiger partial charge in [-0.3, -0.25) is 5.41 Å². The highest BCUT2D eigenvalue weighted by atomic mass is 79.9. The minimum Gasteiger partial charge on any atom is -0.457 e. The van der Waals surface area contributed by atoms with E-state index in [1.807, 2.05) is 24.3 Å². The molecule has 0 saturated heterocycles. The number of nitrogens with one attached hydrogen (secondary N) is 1. The van der Waals surface area contributed by atoms with Gasteiger partial charge in [0.05, 0.1) is 0 Å². The zero-order chi connectivity index (χ0) is 15.2. The van der Waals surface area contributed by atoms with Gasteiger partial charge in [-0.25, -0.2) is 0 Å². The molecule has 0 unspecified atom stereocenters. The van der Waals surface area contributed by atoms with Gasteiger partial charge in [-0.1, -0.05) is 25.5 Å². The molecule has 110 valence electrons. The molecule has 3 N–H and O–H groups in total. The molecule has 4 heteroatoms. The molecular weight excluding hydrogens is 328 g/mol. The number of hydrogen-bond acceptors (Lipinski definition) is 2. The van der Waals surface area contributed by atoms with Crippen LogP contribution < -0.4 is 10.5 Å². The van der Waals surface area contributed by atoms with Crippen molar-refractivity contribution >= 4 is 21.8 Å². The maximum atomic E-state index is 7.45. The molecule has 0 saturated carbocycles. The second kappa shape index (κ2) is 7.27. The second-order valence-electron chi connectivity index (χ2n) is 4.90. The predicted molar refractivity (Wildman–Crippen MR) is 90.3 cm³/mol. The van der Waals surface area contributed by atoms with E-state index in [1.54, 1.807) is 6.07 Å². The summed E-state index contributed by atoms with van der Waals surface area (Å²) in [6.45, 7) is 2.19. The van der Waals surface area contributed by atoms with E-state index < -0.39 is 0 Å². The Kier molecular flexibility index (Phi) is 5.39. The van der Waals surface area contributed by atoms with Crippen LogP contribution in [-0.2, 0) is 6.42 Å². The highest BCUT2D eigenvalue weighted by Gasteiger charge is 2.05. The van der Waals surface area contributed by atoms with Crippen LogP contribution in [0.2, 0.25) is 0 Å². The highest BCUT2D eigenvalue weighted by molar-refractivity contribution is 9.10. The Labute approximate surface area is 133 Å². The van der Waals surface area contributed by atoms with Crippen LogP contribution in [0.1, 0.15) is 30.9 Å². The van der Waals surface area contributed by atoms with Gasteiger partial charge >= 0.3 is 0 Å². The van der Waals surface area contributed by atoms with Crippen LogP contribution >= 0.6 is 15.9 Å². The van der Waals surface area contributed by atoms with Gasteiger partial charge in [0.2, 0.25) is 0 Å². The average Bonchev–Trinajstić information content (AvgIpc) is 2.46. The van der Waals surface area contributed by atoms with E-state index in [0.29, 0.717) is 11.3 Å². The molecule has 2 rings (SSSR count). The minimum absolute atomic E-state index is 0.0358. The third-order valence-corrected chi connectivity index (χ3v) is 3.86. The summed E-state index contributed by atoms with van der Waals surface area (Å²) in [7, 11) is 0. The van der Waals surface area contributed by atoms with Gasteiger partial charge < -0.3 is 10.5 Å². The third kappa shape index (κ3) is 4.33. The van der Waals surface area contributed by atoms with Crippen LogP contribution in [0.4, 0.5) is 0 Å². The molecule has 2 aromatic carbocycles. The predicted octanol–water partition coefficient (Wildman–Crippen LogP) is 4.87. The molecule has 0 amide bonds. The number of unbranched alkanes of at least 4 members (excludes halogenated alkanes) is 1. The summed E-state index contributed by atoms with van der Waals surface area (Å²) in [6, 6.07) is 13.6. The van der Waals surface area contributed by atoms with Gasteiger partial charge in [-0.2, -0.15) is 0 Å². The quantitative estimate of drug-likeness (QED) is 0.579. The summed E-state index contributed by atoms with van der Waals surface area (Å²) in [4.78, 5) is 0. The molecule has 0 spiro atoms. The van der Waals surface area contributed by atoms with Crippen LogP contribution in [0.3, 0.4) is 0 Å². The lowest BCUT2D eigenvalue weighted by atomic mass is 10.1. The van der Waals surface area contributed by atoms with Gasteiger partial charge in [0, 0.05) is 10.0 Å². The van der Waals surface area contributed by atoms with Crippen molar-refractivity contribution in [3.8, 4) is 11.5 Å². The number of halogens is 1. The van der Waals surface area contributed by atoms with Crippen LogP contribution in [0, 0.1) is 5.41 Å². The first-order chi connectivity index (χ1) is 10.1. The summed E-state index contributed by atoms with van der Waals surface area (Å²) in [5, 5.41) is 7.45. The number of nitrogens with two attached hydrogens (primary N) is 1. The van der Waals surface area contributed by atoms with Crippen molar-refractivity contribution in [1.29, 1.82) is 5.41 Å². The van der Waals surface area contributed by atoms with Crippen molar-refractivity contribution in [3.63, 3.8) is 0 Å². The molecule has 0 aliphatic rings. The van der Waals surface area contributed by atoms with Gasteiger partial charge in [-0.05, 0) is 64.7 Å². The molecule has 0 aliphatic carbocycles. The second-order valence-corrected chi connectivity index (χ2v) is 5.76. The van der Waals surface area contributed by atoms with Crippen molar-refractivity contribution < 1.29 is 4.74 Å². The maximum absolute atomic E-state index is 7.45. The van der Waals surface area contributed by atoms with Crippen LogP contribution in [0.15, 0.2) is 46.9 Å². The maximum Gasteiger partial charge on any atom is 0.128 e. The first kappa shape index (κ1) is 15.6. The van der Waals surface area contributed by atoms with Crippen LogP contribution in [-0.4, -0.2) is 5.84 Å². The van der Waals surface area contributed by atoms with Gasteiger partial charge in [-0.15, -0.1) is 0 Å². The zero-order valence-corrected chi connectivity index (χ0v) is 13.6. The fraction of sp³-hybridized carbons (Fsp3) is 0.235. The summed E-state index contributed by atoms with van der Waals surface area (Å²) in [5.41, 5.74) is 7.48. The fourth-order valence-corrected chi connectivity index (χ4v) is 2.59. The number of benzene rings is 2. The average molecular weight is 347 g/mol. The lowest BCUT2D eigenvalue weighted by Crippen LogP contribution is -2.11. The van der Waals surface area contributed by atoms with Crippen molar-refractivity contribution in [2.75, 3.05) is 0 Å². The van der Waals surface area contributed by atoms with Gasteiger partial charge in [0.1, 0.15) is 17.3 Å². The molecular formula is C17H19BrN2O. The SMILES string of the molecule is CCCCc1ccc(Oc2ccc(C(=N)N)c(Br)c2)cc1. The number of nitrogen functional groups attached to an aromatic ring is 1. The number of rotatable bonds is 6. The van der Waals surface area contributed by atoms with Crippen LogP contribution in [0.25, 0.3) is 0 Å². The molecule has 0 heterocycles.